The summed E-state index contributed by atoms with van der Waals surface area (Å²) in [6.07, 6.45) is 1.47. The van der Waals surface area contributed by atoms with Gasteiger partial charge < -0.3 is 28.1 Å². The molecule has 1 unspecified atom stereocenters. The van der Waals surface area contributed by atoms with Crippen LogP contribution < -0.4 is 29.1 Å². The smallest absolute Gasteiger partial charge is 0.312 e. The van der Waals surface area contributed by atoms with Gasteiger partial charge in [0.1, 0.15) is 41.1 Å². The topological polar surface area (TPSA) is 93.4 Å². The summed E-state index contributed by atoms with van der Waals surface area (Å²) >= 11 is 0. The zero-order chi connectivity index (χ0) is 27.7. The van der Waals surface area contributed by atoms with Gasteiger partial charge in [-0.25, -0.2) is 0 Å². The van der Waals surface area contributed by atoms with E-state index in [1.807, 2.05) is 19.1 Å². The molecule has 4 aromatic rings. The van der Waals surface area contributed by atoms with E-state index in [2.05, 4.69) is 6.58 Å². The minimum absolute atomic E-state index is 0.0491. The fourth-order valence-electron chi connectivity index (χ4n) is 4.75. The van der Waals surface area contributed by atoms with Gasteiger partial charge in [-0.1, -0.05) is 24.8 Å². The van der Waals surface area contributed by atoms with E-state index in [0.717, 1.165) is 11.1 Å². The highest BCUT2D eigenvalue weighted by Gasteiger charge is 2.34. The van der Waals surface area contributed by atoms with Gasteiger partial charge in [-0.3, -0.25) is 9.59 Å². The van der Waals surface area contributed by atoms with Gasteiger partial charge in [0.25, 0.3) is 0 Å². The number of methoxy groups -OCH3 is 3. The molecule has 5 rings (SSSR count). The molecule has 1 aromatic heterocycles. The van der Waals surface area contributed by atoms with Crippen LogP contribution >= 0.6 is 0 Å². The van der Waals surface area contributed by atoms with Crippen molar-refractivity contribution in [2.45, 2.75) is 19.3 Å². The highest BCUT2D eigenvalue weighted by atomic mass is 16.5. The zero-order valence-corrected chi connectivity index (χ0v) is 22.2. The molecule has 8 heteroatoms. The van der Waals surface area contributed by atoms with Gasteiger partial charge in [0.05, 0.1) is 33.3 Å². The third-order valence-electron chi connectivity index (χ3n) is 6.64. The lowest BCUT2D eigenvalue weighted by Crippen LogP contribution is -2.22. The maximum Gasteiger partial charge on any atom is 0.312 e. The van der Waals surface area contributed by atoms with Crippen molar-refractivity contribution in [3.63, 3.8) is 0 Å². The summed E-state index contributed by atoms with van der Waals surface area (Å²) in [6, 6.07) is 14.2. The summed E-state index contributed by atoms with van der Waals surface area (Å²) in [5, 5.41) is 0.265. The Morgan fingerprint density at radius 1 is 0.949 bits per heavy atom. The standard InChI is InChI=1S/C31H28O8/c1-17(2)15-37-23-11-8-19(12-24(23)35-4)21-13-27(32)39-26-14-25(36-5)29-30(33)22(16-38-31(29)28(21)26)18-6-9-20(34-3)10-7-18/h6-12,14,16,21H,1,13,15H2,2-5H3. The van der Waals surface area contributed by atoms with Gasteiger partial charge >= 0.3 is 5.97 Å². The third kappa shape index (κ3) is 4.81. The minimum atomic E-state index is -0.464. The fraction of sp³-hybridized carbons (Fsp3) is 0.226. The lowest BCUT2D eigenvalue weighted by molar-refractivity contribution is -0.135. The van der Waals surface area contributed by atoms with Crippen molar-refractivity contribution < 1.29 is 32.9 Å². The predicted molar refractivity (Wildman–Crippen MR) is 146 cm³/mol. The summed E-state index contributed by atoms with van der Waals surface area (Å²) in [7, 11) is 4.59. The molecule has 0 bridgehead atoms. The van der Waals surface area contributed by atoms with E-state index in [1.54, 1.807) is 50.6 Å². The van der Waals surface area contributed by atoms with Gasteiger partial charge in [0, 0.05) is 17.5 Å². The van der Waals surface area contributed by atoms with E-state index in [-0.39, 0.29) is 28.7 Å². The number of carbonyl (C=O) groups is 1. The van der Waals surface area contributed by atoms with Crippen LogP contribution in [0.15, 0.2) is 76.2 Å². The van der Waals surface area contributed by atoms with Gasteiger partial charge in [-0.05, 0) is 47.9 Å². The quantitative estimate of drug-likeness (QED) is 0.159. The summed E-state index contributed by atoms with van der Waals surface area (Å²) < 4.78 is 33.9. The van der Waals surface area contributed by atoms with Crippen LogP contribution in [-0.2, 0) is 4.79 Å². The maximum atomic E-state index is 13.8. The number of ether oxygens (including phenoxy) is 5. The molecule has 3 aromatic carbocycles. The zero-order valence-electron chi connectivity index (χ0n) is 22.2. The highest BCUT2D eigenvalue weighted by molar-refractivity contribution is 5.94. The Balaban J connectivity index is 1.68. The SMILES string of the molecule is C=C(C)COc1ccc(C2CC(=O)Oc3cc(OC)c4c(=O)c(-c5ccc(OC)cc5)coc4c32)cc1OC. The van der Waals surface area contributed by atoms with Crippen molar-refractivity contribution >= 4 is 16.9 Å². The first-order valence-corrected chi connectivity index (χ1v) is 12.3. The van der Waals surface area contributed by atoms with Crippen LogP contribution in [0.1, 0.15) is 30.4 Å². The Bertz CT molecular complexity index is 1630. The van der Waals surface area contributed by atoms with E-state index < -0.39 is 11.9 Å². The Labute approximate surface area is 225 Å². The molecule has 0 N–H and O–H groups in total. The summed E-state index contributed by atoms with van der Waals surface area (Å²) in [4.78, 5) is 26.5. The molecular weight excluding hydrogens is 500 g/mol. The molecule has 2 heterocycles. The van der Waals surface area contributed by atoms with Crippen LogP contribution in [0.3, 0.4) is 0 Å². The number of esters is 1. The summed E-state index contributed by atoms with van der Waals surface area (Å²) in [6.45, 7) is 6.09. The minimum Gasteiger partial charge on any atom is -0.497 e. The maximum absolute atomic E-state index is 13.8. The Morgan fingerprint density at radius 2 is 1.69 bits per heavy atom. The van der Waals surface area contributed by atoms with Gasteiger partial charge in [0.15, 0.2) is 11.5 Å². The number of rotatable bonds is 8. The monoisotopic (exact) mass is 528 g/mol. The second kappa shape index (κ2) is 10.6. The Kier molecular flexibility index (Phi) is 7.02. The normalized spacial score (nSPS) is 14.4. The molecule has 200 valence electrons. The highest BCUT2D eigenvalue weighted by Crippen LogP contribution is 2.47. The van der Waals surface area contributed by atoms with Gasteiger partial charge in [-0.15, -0.1) is 0 Å². The second-order valence-corrected chi connectivity index (χ2v) is 9.29. The summed E-state index contributed by atoms with van der Waals surface area (Å²) in [5.41, 5.74) is 3.30. The molecule has 0 radical (unpaired) electrons. The molecule has 0 aliphatic carbocycles. The Morgan fingerprint density at radius 3 is 2.36 bits per heavy atom. The largest absolute Gasteiger partial charge is 0.497 e. The molecule has 0 spiro atoms. The first kappa shape index (κ1) is 25.9. The van der Waals surface area contributed by atoms with E-state index in [1.165, 1.54) is 13.4 Å². The van der Waals surface area contributed by atoms with Crippen molar-refractivity contribution in [3.05, 3.63) is 88.3 Å². The number of benzene rings is 3. The molecule has 1 aliphatic heterocycles. The van der Waals surface area contributed by atoms with E-state index in [4.69, 9.17) is 28.1 Å². The molecule has 0 fully saturated rings. The van der Waals surface area contributed by atoms with Crippen molar-refractivity contribution in [1.82, 2.24) is 0 Å². The van der Waals surface area contributed by atoms with Crippen molar-refractivity contribution in [1.29, 1.82) is 0 Å². The third-order valence-corrected chi connectivity index (χ3v) is 6.64. The van der Waals surface area contributed by atoms with Crippen LogP contribution in [0.4, 0.5) is 0 Å². The van der Waals surface area contributed by atoms with Crippen molar-refractivity contribution in [2.75, 3.05) is 27.9 Å². The number of fused-ring (bicyclic) bond motifs is 3. The molecule has 1 aliphatic rings. The predicted octanol–water partition coefficient (Wildman–Crippen LogP) is 5.88. The lowest BCUT2D eigenvalue weighted by atomic mass is 9.84. The molecular formula is C31H28O8. The average Bonchev–Trinajstić information content (AvgIpc) is 2.95. The van der Waals surface area contributed by atoms with Gasteiger partial charge in [-0.2, -0.15) is 0 Å². The van der Waals surface area contributed by atoms with Crippen LogP contribution in [-0.4, -0.2) is 33.9 Å². The average molecular weight is 529 g/mol. The van der Waals surface area contributed by atoms with Crippen molar-refractivity contribution in [2.24, 2.45) is 0 Å². The molecule has 0 saturated carbocycles. The first-order chi connectivity index (χ1) is 18.8. The molecule has 8 nitrogen and oxygen atoms in total. The van der Waals surface area contributed by atoms with Crippen LogP contribution in [0.2, 0.25) is 0 Å². The fourth-order valence-corrected chi connectivity index (χ4v) is 4.75. The van der Waals surface area contributed by atoms with E-state index in [0.29, 0.717) is 46.1 Å². The second-order valence-electron chi connectivity index (χ2n) is 9.29. The molecule has 39 heavy (non-hydrogen) atoms. The Hall–Kier alpha value is -4.72. The van der Waals surface area contributed by atoms with Crippen LogP contribution in [0, 0.1) is 0 Å². The lowest BCUT2D eigenvalue weighted by Gasteiger charge is -2.27. The number of hydrogen-bond acceptors (Lipinski definition) is 8. The van der Waals surface area contributed by atoms with Crippen LogP contribution in [0.5, 0.6) is 28.7 Å². The van der Waals surface area contributed by atoms with E-state index >= 15 is 0 Å². The summed E-state index contributed by atoms with van der Waals surface area (Å²) in [5.74, 6) is 1.39. The van der Waals surface area contributed by atoms with E-state index in [9.17, 15) is 9.59 Å². The number of hydrogen-bond donors (Lipinski definition) is 0. The van der Waals surface area contributed by atoms with Gasteiger partial charge in [0.2, 0.25) is 5.43 Å². The van der Waals surface area contributed by atoms with Crippen molar-refractivity contribution in [3.8, 4) is 39.9 Å². The van der Waals surface area contributed by atoms with Crippen LogP contribution in [0.25, 0.3) is 22.1 Å². The molecule has 1 atom stereocenters. The number of carbonyl (C=O) groups excluding carboxylic acids is 1. The molecule has 0 saturated heterocycles. The first-order valence-electron chi connectivity index (χ1n) is 12.3. The molecule has 0 amide bonds.